The third kappa shape index (κ3) is 3.78. The van der Waals surface area contributed by atoms with E-state index in [1.807, 2.05) is 6.07 Å². The molecule has 1 N–H and O–H groups in total. The molecular weight excluding hydrogens is 288 g/mol. The molecule has 0 bridgehead atoms. The van der Waals surface area contributed by atoms with E-state index < -0.39 is 12.1 Å². The van der Waals surface area contributed by atoms with Crippen molar-refractivity contribution in [3.63, 3.8) is 0 Å². The Balaban J connectivity index is 2.15. The molecule has 0 amide bonds. The van der Waals surface area contributed by atoms with Gasteiger partial charge in [0.1, 0.15) is 0 Å². The highest BCUT2D eigenvalue weighted by molar-refractivity contribution is 6.31. The molecule has 1 unspecified atom stereocenters. The van der Waals surface area contributed by atoms with Gasteiger partial charge in [-0.15, -0.1) is 0 Å². The van der Waals surface area contributed by atoms with Gasteiger partial charge in [0.05, 0.1) is 7.11 Å². The van der Waals surface area contributed by atoms with Gasteiger partial charge in [-0.25, -0.2) is 4.79 Å². The molecule has 1 aromatic carbocycles. The van der Waals surface area contributed by atoms with Crippen LogP contribution in [0.2, 0.25) is 5.02 Å². The van der Waals surface area contributed by atoms with Crippen LogP contribution in [-0.4, -0.2) is 18.2 Å². The third-order valence-electron chi connectivity index (χ3n) is 4.54. The van der Waals surface area contributed by atoms with Gasteiger partial charge in [-0.1, -0.05) is 37.6 Å². The summed E-state index contributed by atoms with van der Waals surface area (Å²) in [6, 6.07) is 5.38. The highest BCUT2D eigenvalue weighted by Crippen LogP contribution is 2.44. The maximum Gasteiger partial charge on any atom is 0.339 e. The van der Waals surface area contributed by atoms with Gasteiger partial charge < -0.3 is 9.84 Å². The number of aliphatic hydroxyl groups is 1. The zero-order chi connectivity index (χ0) is 15.6. The molecule has 0 heterocycles. The van der Waals surface area contributed by atoms with Crippen LogP contribution >= 0.6 is 11.6 Å². The van der Waals surface area contributed by atoms with Gasteiger partial charge in [-0.2, -0.15) is 0 Å². The van der Waals surface area contributed by atoms with Gasteiger partial charge in [-0.3, -0.25) is 0 Å². The van der Waals surface area contributed by atoms with E-state index in [4.69, 9.17) is 11.6 Å². The minimum atomic E-state index is -1.27. The fourth-order valence-electron chi connectivity index (χ4n) is 3.00. The van der Waals surface area contributed by atoms with Crippen LogP contribution < -0.4 is 0 Å². The van der Waals surface area contributed by atoms with Crippen LogP contribution in [0.1, 0.15) is 62.7 Å². The maximum atomic E-state index is 11.4. The molecule has 116 valence electrons. The van der Waals surface area contributed by atoms with Crippen LogP contribution in [0.15, 0.2) is 18.2 Å². The fraction of sp³-hybridized carbons (Fsp3) is 0.588. The van der Waals surface area contributed by atoms with Gasteiger partial charge in [0.15, 0.2) is 6.10 Å². The van der Waals surface area contributed by atoms with Gasteiger partial charge in [0.2, 0.25) is 0 Å². The van der Waals surface area contributed by atoms with Crippen molar-refractivity contribution in [1.29, 1.82) is 0 Å². The molecule has 0 saturated heterocycles. The lowest BCUT2D eigenvalue weighted by molar-refractivity contribution is -0.150. The van der Waals surface area contributed by atoms with E-state index >= 15 is 0 Å². The topological polar surface area (TPSA) is 46.5 Å². The normalized spacial score (nSPS) is 20.0. The number of carbonyl (C=O) groups is 1. The Hall–Kier alpha value is -1.06. The minimum absolute atomic E-state index is 0.421. The molecule has 0 aliphatic heterocycles. The Kier molecular flexibility index (Phi) is 4.95. The van der Waals surface area contributed by atoms with Crippen LogP contribution in [0.3, 0.4) is 0 Å². The van der Waals surface area contributed by atoms with Crippen LogP contribution in [0, 0.1) is 5.41 Å². The van der Waals surface area contributed by atoms with Gasteiger partial charge in [0, 0.05) is 5.02 Å². The second-order valence-corrected chi connectivity index (χ2v) is 7.05. The lowest BCUT2D eigenvalue weighted by atomic mass is 9.71. The van der Waals surface area contributed by atoms with Crippen LogP contribution in [0.25, 0.3) is 0 Å². The molecule has 1 fully saturated rings. The number of ether oxygens (including phenoxy) is 1. The summed E-state index contributed by atoms with van der Waals surface area (Å²) < 4.78 is 4.54. The predicted molar refractivity (Wildman–Crippen MR) is 83.4 cm³/mol. The lowest BCUT2D eigenvalue weighted by Crippen LogP contribution is -2.20. The molecular formula is C17H23ClO3. The molecule has 1 saturated carbocycles. The van der Waals surface area contributed by atoms with Crippen molar-refractivity contribution in [2.45, 2.75) is 51.6 Å². The first-order valence-corrected chi connectivity index (χ1v) is 7.77. The monoisotopic (exact) mass is 310 g/mol. The van der Waals surface area contributed by atoms with E-state index in [2.05, 4.69) is 18.6 Å². The number of halogens is 1. The van der Waals surface area contributed by atoms with Crippen molar-refractivity contribution in [1.82, 2.24) is 0 Å². The Morgan fingerprint density at radius 1 is 1.38 bits per heavy atom. The predicted octanol–water partition coefficient (Wildman–Crippen LogP) is 4.23. The van der Waals surface area contributed by atoms with E-state index in [0.717, 1.165) is 18.4 Å². The van der Waals surface area contributed by atoms with Crippen LogP contribution in [0.4, 0.5) is 0 Å². The summed E-state index contributed by atoms with van der Waals surface area (Å²) >= 11 is 6.36. The molecule has 1 atom stereocenters. The van der Waals surface area contributed by atoms with Crippen LogP contribution in [0.5, 0.6) is 0 Å². The maximum absolute atomic E-state index is 11.4. The average molecular weight is 311 g/mol. The number of hydrogen-bond donors (Lipinski definition) is 1. The summed E-state index contributed by atoms with van der Waals surface area (Å²) in [5, 5.41) is 10.5. The molecule has 0 radical (unpaired) electrons. The van der Waals surface area contributed by atoms with Crippen molar-refractivity contribution in [2.24, 2.45) is 5.41 Å². The highest BCUT2D eigenvalue weighted by atomic mass is 35.5. The van der Waals surface area contributed by atoms with Crippen molar-refractivity contribution in [3.8, 4) is 0 Å². The summed E-state index contributed by atoms with van der Waals surface area (Å²) in [5.74, 6) is -0.201. The zero-order valence-electron chi connectivity index (χ0n) is 12.9. The first-order chi connectivity index (χ1) is 9.84. The second kappa shape index (κ2) is 6.37. The van der Waals surface area contributed by atoms with E-state index in [9.17, 15) is 9.90 Å². The fourth-order valence-corrected chi connectivity index (χ4v) is 3.35. The molecule has 1 aliphatic rings. The number of methoxy groups -OCH3 is 1. The SMILES string of the molecule is COC(=O)C(O)c1ccc(C2CCC(C)(C)CC2)c(Cl)c1. The highest BCUT2D eigenvalue weighted by Gasteiger charge is 2.29. The summed E-state index contributed by atoms with van der Waals surface area (Å²) in [5.41, 5.74) is 2.02. The zero-order valence-corrected chi connectivity index (χ0v) is 13.6. The summed E-state index contributed by atoms with van der Waals surface area (Å²) in [6.07, 6.45) is 3.38. The number of rotatable bonds is 3. The number of hydrogen-bond acceptors (Lipinski definition) is 3. The second-order valence-electron chi connectivity index (χ2n) is 6.65. The number of carbonyl (C=O) groups excluding carboxylic acids is 1. The molecule has 0 spiro atoms. The average Bonchev–Trinajstić information content (AvgIpc) is 2.46. The van der Waals surface area contributed by atoms with Gasteiger partial charge in [-0.05, 0) is 54.2 Å². The molecule has 3 nitrogen and oxygen atoms in total. The summed E-state index contributed by atoms with van der Waals surface area (Å²) in [7, 11) is 1.26. The largest absolute Gasteiger partial charge is 0.467 e. The van der Waals surface area contributed by atoms with Crippen molar-refractivity contribution in [3.05, 3.63) is 34.3 Å². The Morgan fingerprint density at radius 3 is 2.52 bits per heavy atom. The van der Waals surface area contributed by atoms with Crippen molar-refractivity contribution in [2.75, 3.05) is 7.11 Å². The lowest BCUT2D eigenvalue weighted by Gasteiger charge is -2.34. The first-order valence-electron chi connectivity index (χ1n) is 7.39. The minimum Gasteiger partial charge on any atom is -0.467 e. The Labute approximate surface area is 131 Å². The Bertz CT molecular complexity index is 515. The summed E-state index contributed by atoms with van der Waals surface area (Å²) in [4.78, 5) is 11.4. The van der Waals surface area contributed by atoms with Crippen molar-refractivity contribution < 1.29 is 14.6 Å². The van der Waals surface area contributed by atoms with E-state index in [0.29, 0.717) is 21.9 Å². The molecule has 4 heteroatoms. The third-order valence-corrected chi connectivity index (χ3v) is 4.87. The molecule has 2 rings (SSSR count). The van der Waals surface area contributed by atoms with Crippen molar-refractivity contribution >= 4 is 17.6 Å². The molecule has 21 heavy (non-hydrogen) atoms. The molecule has 1 aromatic rings. The van der Waals surface area contributed by atoms with Crippen LogP contribution in [-0.2, 0) is 9.53 Å². The number of benzene rings is 1. The quantitative estimate of drug-likeness (QED) is 0.850. The van der Waals surface area contributed by atoms with E-state index in [-0.39, 0.29) is 0 Å². The molecule has 1 aliphatic carbocycles. The smallest absolute Gasteiger partial charge is 0.339 e. The molecule has 0 aromatic heterocycles. The standard InChI is InChI=1S/C17H23ClO3/c1-17(2)8-6-11(7-9-17)13-5-4-12(10-14(13)18)15(19)16(20)21-3/h4-5,10-11,15,19H,6-9H2,1-3H3. The number of aliphatic hydroxyl groups excluding tert-OH is 1. The first kappa shape index (κ1) is 16.3. The Morgan fingerprint density at radius 2 is 2.00 bits per heavy atom. The van der Waals surface area contributed by atoms with E-state index in [1.54, 1.807) is 12.1 Å². The number of esters is 1. The van der Waals surface area contributed by atoms with Gasteiger partial charge in [0.25, 0.3) is 0 Å². The van der Waals surface area contributed by atoms with Gasteiger partial charge >= 0.3 is 5.97 Å². The van der Waals surface area contributed by atoms with E-state index in [1.165, 1.54) is 20.0 Å². The summed E-state index contributed by atoms with van der Waals surface area (Å²) in [6.45, 7) is 4.61.